The first-order valence-electron chi connectivity index (χ1n) is 12.5. The lowest BCUT2D eigenvalue weighted by Gasteiger charge is -2.37. The Morgan fingerprint density at radius 1 is 0.846 bits per heavy atom. The minimum absolute atomic E-state index is 0.0712. The Balaban J connectivity index is 2.71. The van der Waals surface area contributed by atoms with Crippen molar-refractivity contribution in [1.29, 1.82) is 0 Å². The fourth-order valence-corrected chi connectivity index (χ4v) is 3.83. The molecule has 0 saturated carbocycles. The molecule has 0 aliphatic heterocycles. The van der Waals surface area contributed by atoms with Gasteiger partial charge in [-0.1, -0.05) is 12.1 Å². The summed E-state index contributed by atoms with van der Waals surface area (Å²) in [6, 6.07) is 9.52. The maximum absolute atomic E-state index is 13.4. The average Bonchev–Trinajstić information content (AvgIpc) is 2.85. The van der Waals surface area contributed by atoms with Crippen LogP contribution in [-0.4, -0.2) is 74.2 Å². The number of hydrogen-bond donors (Lipinski definition) is 1. The van der Waals surface area contributed by atoms with Crippen molar-refractivity contribution in [3.05, 3.63) is 42.0 Å². The maximum atomic E-state index is 13.4. The minimum Gasteiger partial charge on any atom is -0.497 e. The molecule has 1 unspecified atom stereocenters. The van der Waals surface area contributed by atoms with Crippen LogP contribution >= 0.6 is 0 Å². The fourth-order valence-electron chi connectivity index (χ4n) is 3.83. The number of hydrogen-bond acceptors (Lipinski definition) is 9. The van der Waals surface area contributed by atoms with Gasteiger partial charge in [-0.25, -0.2) is 14.5 Å². The van der Waals surface area contributed by atoms with E-state index in [9.17, 15) is 14.7 Å². The first-order chi connectivity index (χ1) is 18.1. The van der Waals surface area contributed by atoms with Gasteiger partial charge in [-0.2, -0.15) is 0 Å². The highest BCUT2D eigenvalue weighted by atomic mass is 16.7. The van der Waals surface area contributed by atoms with Crippen LogP contribution in [0.15, 0.2) is 36.4 Å². The van der Waals surface area contributed by atoms with Gasteiger partial charge >= 0.3 is 12.1 Å². The molecule has 0 radical (unpaired) electrons. The Kier molecular flexibility index (Phi) is 10.6. The van der Waals surface area contributed by atoms with Gasteiger partial charge in [0, 0.05) is 6.42 Å². The van der Waals surface area contributed by atoms with Gasteiger partial charge in [0.1, 0.15) is 17.4 Å². The van der Waals surface area contributed by atoms with Gasteiger partial charge in [0.25, 0.3) is 0 Å². The highest BCUT2D eigenvalue weighted by Gasteiger charge is 2.40. The van der Waals surface area contributed by atoms with Gasteiger partial charge < -0.3 is 33.5 Å². The van der Waals surface area contributed by atoms with Gasteiger partial charge in [-0.15, -0.1) is 0 Å². The molecular weight excluding hydrogens is 506 g/mol. The van der Waals surface area contributed by atoms with Gasteiger partial charge in [-0.05, 0) is 82.5 Å². The molecule has 0 aliphatic rings. The summed E-state index contributed by atoms with van der Waals surface area (Å²) in [5, 5.41) is 11.1. The van der Waals surface area contributed by atoms with E-state index in [4.69, 9.17) is 28.4 Å². The van der Waals surface area contributed by atoms with Crippen LogP contribution in [0.2, 0.25) is 0 Å². The van der Waals surface area contributed by atoms with Crippen molar-refractivity contribution < 1.29 is 43.1 Å². The number of aliphatic hydroxyl groups excluding tert-OH is 1. The SMILES string of the molecule is COC(=O)[C@H](Cc1cc(OC)c(OC)cc1-c1ccc(OC)cc1)N(C(=O)OC(C)(C)C)C(O)OC(C)(C)C. The summed E-state index contributed by atoms with van der Waals surface area (Å²) >= 11 is 0. The first kappa shape index (κ1) is 31.7. The van der Waals surface area contributed by atoms with Crippen LogP contribution in [0, 0.1) is 0 Å². The number of benzene rings is 2. The predicted octanol–water partition coefficient (Wildman–Crippen LogP) is 4.79. The van der Waals surface area contributed by atoms with E-state index < -0.39 is 35.7 Å². The molecule has 10 heteroatoms. The molecule has 10 nitrogen and oxygen atoms in total. The number of aliphatic hydroxyl groups is 1. The molecule has 39 heavy (non-hydrogen) atoms. The Bertz CT molecular complexity index is 1120. The van der Waals surface area contributed by atoms with E-state index in [0.717, 1.165) is 10.5 Å². The number of esters is 1. The van der Waals surface area contributed by atoms with Crippen LogP contribution in [0.5, 0.6) is 17.2 Å². The van der Waals surface area contributed by atoms with Crippen molar-refractivity contribution >= 4 is 12.1 Å². The number of amides is 1. The molecule has 2 aromatic carbocycles. The molecule has 216 valence electrons. The molecule has 0 fully saturated rings. The smallest absolute Gasteiger partial charge is 0.415 e. The molecule has 2 atom stereocenters. The molecule has 2 aromatic rings. The summed E-state index contributed by atoms with van der Waals surface area (Å²) in [7, 11) is 5.81. The Morgan fingerprint density at radius 2 is 1.41 bits per heavy atom. The minimum atomic E-state index is -1.81. The summed E-state index contributed by atoms with van der Waals surface area (Å²) < 4.78 is 32.6. The molecule has 0 heterocycles. The number of rotatable bonds is 10. The second-order valence-electron chi connectivity index (χ2n) is 10.8. The molecule has 0 aromatic heterocycles. The summed E-state index contributed by atoms with van der Waals surface area (Å²) in [6.45, 7) is 10.2. The summed E-state index contributed by atoms with van der Waals surface area (Å²) in [4.78, 5) is 27.4. The van der Waals surface area contributed by atoms with E-state index in [-0.39, 0.29) is 6.42 Å². The molecule has 1 amide bonds. The van der Waals surface area contributed by atoms with E-state index in [1.54, 1.807) is 60.8 Å². The lowest BCUT2D eigenvalue weighted by Crippen LogP contribution is -2.55. The van der Waals surface area contributed by atoms with Crippen LogP contribution < -0.4 is 14.2 Å². The molecule has 0 bridgehead atoms. The van der Waals surface area contributed by atoms with Crippen LogP contribution in [-0.2, 0) is 25.4 Å². The monoisotopic (exact) mass is 547 g/mol. The molecular formula is C29H41NO9. The first-order valence-corrected chi connectivity index (χ1v) is 12.5. The highest BCUT2D eigenvalue weighted by molar-refractivity contribution is 5.83. The van der Waals surface area contributed by atoms with E-state index in [1.807, 2.05) is 24.3 Å². The summed E-state index contributed by atoms with van der Waals surface area (Å²) in [6.07, 6.45) is -2.83. The zero-order valence-corrected chi connectivity index (χ0v) is 24.5. The second-order valence-corrected chi connectivity index (χ2v) is 10.8. The van der Waals surface area contributed by atoms with Crippen molar-refractivity contribution in [2.24, 2.45) is 0 Å². The zero-order chi connectivity index (χ0) is 29.5. The Morgan fingerprint density at radius 3 is 1.87 bits per heavy atom. The molecule has 0 aliphatic carbocycles. The number of carbonyl (C=O) groups is 2. The normalized spacial score (nSPS) is 13.2. The number of carbonyl (C=O) groups excluding carboxylic acids is 2. The largest absolute Gasteiger partial charge is 0.497 e. The summed E-state index contributed by atoms with van der Waals surface area (Å²) in [5.74, 6) is 0.796. The Hall–Kier alpha value is -3.50. The summed E-state index contributed by atoms with van der Waals surface area (Å²) in [5.41, 5.74) is 0.363. The number of methoxy groups -OCH3 is 4. The lowest BCUT2D eigenvalue weighted by atomic mass is 9.93. The molecule has 0 saturated heterocycles. The maximum Gasteiger partial charge on any atom is 0.415 e. The van der Waals surface area contributed by atoms with E-state index in [0.29, 0.717) is 28.4 Å². The quantitative estimate of drug-likeness (QED) is 0.331. The third-order valence-electron chi connectivity index (χ3n) is 5.53. The van der Waals surface area contributed by atoms with E-state index in [2.05, 4.69) is 0 Å². The van der Waals surface area contributed by atoms with E-state index >= 15 is 0 Å². The van der Waals surface area contributed by atoms with Gasteiger partial charge in [0.05, 0.1) is 34.0 Å². The van der Waals surface area contributed by atoms with Crippen molar-refractivity contribution in [3.63, 3.8) is 0 Å². The third-order valence-corrected chi connectivity index (χ3v) is 5.53. The molecule has 1 N–H and O–H groups in total. The van der Waals surface area contributed by atoms with Crippen LogP contribution in [0.1, 0.15) is 47.1 Å². The van der Waals surface area contributed by atoms with Crippen molar-refractivity contribution in [2.45, 2.75) is 71.6 Å². The van der Waals surface area contributed by atoms with Crippen molar-refractivity contribution in [1.82, 2.24) is 4.90 Å². The topological polar surface area (TPSA) is 113 Å². The molecule has 0 spiro atoms. The van der Waals surface area contributed by atoms with E-state index in [1.165, 1.54) is 21.3 Å². The average molecular weight is 548 g/mol. The van der Waals surface area contributed by atoms with Crippen molar-refractivity contribution in [2.75, 3.05) is 28.4 Å². The van der Waals surface area contributed by atoms with Crippen LogP contribution in [0.3, 0.4) is 0 Å². The molecule has 2 rings (SSSR count). The fraction of sp³-hybridized carbons (Fsp3) is 0.517. The third kappa shape index (κ3) is 8.76. The number of ether oxygens (including phenoxy) is 6. The second kappa shape index (κ2) is 13.0. The predicted molar refractivity (Wildman–Crippen MR) is 146 cm³/mol. The van der Waals surface area contributed by atoms with Gasteiger partial charge in [-0.3, -0.25) is 0 Å². The standard InChI is InChI=1S/C29H41NO9/c1-28(2,3)38-26(32)30(27(33)39-29(4,5)6)22(25(31)37-10)15-19-16-23(35-8)24(36-9)17-21(19)18-11-13-20(34-7)14-12-18/h11-14,16-17,22,26,32H,15H2,1-10H3/t22-,26?/m0/s1. The van der Waals surface area contributed by atoms with Crippen molar-refractivity contribution in [3.8, 4) is 28.4 Å². The van der Waals surface area contributed by atoms with Crippen LogP contribution in [0.25, 0.3) is 11.1 Å². The van der Waals surface area contributed by atoms with Crippen LogP contribution in [0.4, 0.5) is 4.79 Å². The lowest BCUT2D eigenvalue weighted by molar-refractivity contribution is -0.240. The Labute approximate surface area is 230 Å². The van der Waals surface area contributed by atoms with Gasteiger partial charge in [0.15, 0.2) is 11.5 Å². The van der Waals surface area contributed by atoms with Gasteiger partial charge in [0.2, 0.25) is 6.41 Å². The number of nitrogens with zero attached hydrogens (tertiary/aromatic N) is 1. The highest BCUT2D eigenvalue weighted by Crippen LogP contribution is 2.37. The zero-order valence-electron chi connectivity index (χ0n) is 24.5.